The van der Waals surface area contributed by atoms with Crippen LogP contribution in [0, 0.1) is 0 Å². The van der Waals surface area contributed by atoms with Crippen molar-refractivity contribution in [1.82, 2.24) is 4.57 Å². The third-order valence-corrected chi connectivity index (χ3v) is 4.93. The lowest BCUT2D eigenvalue weighted by Crippen LogP contribution is -1.99. The molecule has 6 N–H and O–H groups in total. The zero-order chi connectivity index (χ0) is 20.4. The molecule has 2 aromatic carbocycles. The molecular weight excluding hydrogens is 362 g/mol. The van der Waals surface area contributed by atoms with E-state index in [-0.39, 0.29) is 37.9 Å². The maximum Gasteiger partial charge on any atom is 0.126 e. The smallest absolute Gasteiger partial charge is 0.126 e. The molecule has 0 saturated heterocycles. The Morgan fingerprint density at radius 3 is 1.14 bits per heavy atom. The van der Waals surface area contributed by atoms with Crippen molar-refractivity contribution in [1.29, 1.82) is 0 Å². The average Bonchev–Trinajstić information content (AvgIpc) is 3.09. The maximum atomic E-state index is 10.1. The second-order valence-corrected chi connectivity index (χ2v) is 6.58. The minimum absolute atomic E-state index is 0.123. The lowest BCUT2D eigenvalue weighted by Gasteiger charge is -2.14. The molecule has 3 aromatic rings. The Hall–Kier alpha value is -2.84. The third-order valence-electron chi connectivity index (χ3n) is 4.93. The summed E-state index contributed by atoms with van der Waals surface area (Å²) < 4.78 is 1.88. The standard InChI is InChI=1S/C21H23NO6/c1-22-18(12-4-14(8-23)20(27)15(5-12)9-24)2-3-19(22)13-6-16(10-25)21(28)17(7-13)11-26/h2-7,23-28H,8-11H2,1H3. The average molecular weight is 385 g/mol. The number of hydrogen-bond donors (Lipinski definition) is 6. The number of benzene rings is 2. The van der Waals surface area contributed by atoms with E-state index in [1.807, 2.05) is 23.7 Å². The van der Waals surface area contributed by atoms with Gasteiger partial charge in [0.2, 0.25) is 0 Å². The van der Waals surface area contributed by atoms with Crippen LogP contribution in [0.5, 0.6) is 11.5 Å². The maximum absolute atomic E-state index is 10.1. The van der Waals surface area contributed by atoms with E-state index >= 15 is 0 Å². The Bertz CT molecular complexity index is 879. The summed E-state index contributed by atoms with van der Waals surface area (Å²) in [5.74, 6) is -0.246. The van der Waals surface area contributed by atoms with E-state index in [0.717, 1.165) is 11.4 Å². The lowest BCUT2D eigenvalue weighted by atomic mass is 10.0. The van der Waals surface area contributed by atoms with Crippen molar-refractivity contribution in [2.45, 2.75) is 26.4 Å². The zero-order valence-corrected chi connectivity index (χ0v) is 15.4. The van der Waals surface area contributed by atoms with E-state index in [9.17, 15) is 30.6 Å². The Morgan fingerprint density at radius 2 is 0.893 bits per heavy atom. The highest BCUT2D eigenvalue weighted by Crippen LogP contribution is 2.35. The van der Waals surface area contributed by atoms with Gasteiger partial charge in [-0.2, -0.15) is 0 Å². The molecule has 0 aliphatic heterocycles. The van der Waals surface area contributed by atoms with Crippen molar-refractivity contribution >= 4 is 0 Å². The lowest BCUT2D eigenvalue weighted by molar-refractivity contribution is 0.263. The van der Waals surface area contributed by atoms with Crippen molar-refractivity contribution in [3.05, 3.63) is 58.7 Å². The van der Waals surface area contributed by atoms with Crippen LogP contribution in [0.25, 0.3) is 22.5 Å². The molecule has 0 unspecified atom stereocenters. The molecule has 0 fully saturated rings. The molecule has 0 radical (unpaired) electrons. The largest absolute Gasteiger partial charge is 0.507 e. The Balaban J connectivity index is 2.14. The number of rotatable bonds is 6. The number of aliphatic hydroxyl groups is 4. The summed E-state index contributed by atoms with van der Waals surface area (Å²) in [6, 6.07) is 10.3. The van der Waals surface area contributed by atoms with Crippen LogP contribution in [0.1, 0.15) is 22.3 Å². The number of aromatic nitrogens is 1. The first-order valence-corrected chi connectivity index (χ1v) is 8.74. The summed E-state index contributed by atoms with van der Waals surface area (Å²) in [5, 5.41) is 58.0. The number of aliphatic hydroxyl groups excluding tert-OH is 4. The first kappa shape index (κ1) is 19.9. The van der Waals surface area contributed by atoms with Crippen LogP contribution in [-0.4, -0.2) is 35.2 Å². The molecule has 28 heavy (non-hydrogen) atoms. The molecule has 3 rings (SSSR count). The van der Waals surface area contributed by atoms with E-state index in [2.05, 4.69) is 0 Å². The van der Waals surface area contributed by atoms with Crippen molar-refractivity contribution in [3.8, 4) is 34.0 Å². The van der Waals surface area contributed by atoms with E-state index in [4.69, 9.17) is 0 Å². The van der Waals surface area contributed by atoms with Gasteiger partial charge in [0.15, 0.2) is 0 Å². The highest BCUT2D eigenvalue weighted by molar-refractivity contribution is 5.73. The molecule has 1 heterocycles. The number of nitrogens with zero attached hydrogens (tertiary/aromatic N) is 1. The Labute approximate surface area is 162 Å². The SMILES string of the molecule is Cn1c(-c2cc(CO)c(O)c(CO)c2)ccc1-c1cc(CO)c(O)c(CO)c1. The van der Waals surface area contributed by atoms with Crippen molar-refractivity contribution < 1.29 is 30.6 Å². The van der Waals surface area contributed by atoms with Gasteiger partial charge in [0.05, 0.1) is 26.4 Å². The van der Waals surface area contributed by atoms with Crippen LogP contribution in [0.2, 0.25) is 0 Å². The van der Waals surface area contributed by atoms with Gasteiger partial charge in [-0.3, -0.25) is 0 Å². The summed E-state index contributed by atoms with van der Waals surface area (Å²) >= 11 is 0. The number of hydrogen-bond acceptors (Lipinski definition) is 6. The molecule has 0 bridgehead atoms. The van der Waals surface area contributed by atoms with Gasteiger partial charge < -0.3 is 35.2 Å². The Kier molecular flexibility index (Phi) is 5.71. The van der Waals surface area contributed by atoms with Crippen molar-refractivity contribution in [2.75, 3.05) is 0 Å². The van der Waals surface area contributed by atoms with Gasteiger partial charge in [0.25, 0.3) is 0 Å². The normalized spacial score (nSPS) is 11.2. The predicted molar refractivity (Wildman–Crippen MR) is 103 cm³/mol. The van der Waals surface area contributed by atoms with Crippen LogP contribution < -0.4 is 0 Å². The van der Waals surface area contributed by atoms with Gasteiger partial charge >= 0.3 is 0 Å². The van der Waals surface area contributed by atoms with Gasteiger partial charge in [-0.1, -0.05) is 0 Å². The van der Waals surface area contributed by atoms with Gasteiger partial charge in [0.1, 0.15) is 11.5 Å². The number of phenols is 2. The molecule has 0 amide bonds. The minimum atomic E-state index is -0.359. The summed E-state index contributed by atoms with van der Waals surface area (Å²) in [6.07, 6.45) is 0. The first-order chi connectivity index (χ1) is 13.4. The second-order valence-electron chi connectivity index (χ2n) is 6.58. The fourth-order valence-corrected chi connectivity index (χ4v) is 3.39. The summed E-state index contributed by atoms with van der Waals surface area (Å²) in [5.41, 5.74) is 4.26. The van der Waals surface area contributed by atoms with Crippen LogP contribution in [0.3, 0.4) is 0 Å². The summed E-state index contributed by atoms with van der Waals surface area (Å²) in [4.78, 5) is 0. The predicted octanol–water partition coefficient (Wildman–Crippen LogP) is 1.74. The van der Waals surface area contributed by atoms with Gasteiger partial charge in [0, 0.05) is 40.7 Å². The number of aromatic hydroxyl groups is 2. The Morgan fingerprint density at radius 1 is 0.607 bits per heavy atom. The molecule has 0 saturated carbocycles. The van der Waals surface area contributed by atoms with E-state index in [0.29, 0.717) is 33.4 Å². The van der Waals surface area contributed by atoms with Crippen LogP contribution in [0.15, 0.2) is 36.4 Å². The highest BCUT2D eigenvalue weighted by atomic mass is 16.3. The van der Waals surface area contributed by atoms with Crippen molar-refractivity contribution in [2.24, 2.45) is 7.05 Å². The molecule has 0 aliphatic carbocycles. The quantitative estimate of drug-likeness (QED) is 0.384. The van der Waals surface area contributed by atoms with Crippen LogP contribution in [0.4, 0.5) is 0 Å². The minimum Gasteiger partial charge on any atom is -0.507 e. The van der Waals surface area contributed by atoms with Crippen LogP contribution >= 0.6 is 0 Å². The topological polar surface area (TPSA) is 126 Å². The summed E-state index contributed by atoms with van der Waals surface area (Å²) in [6.45, 7) is -1.44. The van der Waals surface area contributed by atoms with Gasteiger partial charge in [-0.15, -0.1) is 0 Å². The molecule has 7 heteroatoms. The highest BCUT2D eigenvalue weighted by Gasteiger charge is 2.16. The van der Waals surface area contributed by atoms with Crippen molar-refractivity contribution in [3.63, 3.8) is 0 Å². The molecule has 7 nitrogen and oxygen atoms in total. The molecule has 0 aliphatic rings. The molecule has 148 valence electrons. The third kappa shape index (κ3) is 3.36. The van der Waals surface area contributed by atoms with E-state index in [1.54, 1.807) is 24.3 Å². The van der Waals surface area contributed by atoms with Crippen LogP contribution in [-0.2, 0) is 33.5 Å². The molecule has 0 atom stereocenters. The van der Waals surface area contributed by atoms with E-state index < -0.39 is 0 Å². The van der Waals surface area contributed by atoms with E-state index in [1.165, 1.54) is 0 Å². The van der Waals surface area contributed by atoms with Gasteiger partial charge in [-0.05, 0) is 47.5 Å². The zero-order valence-electron chi connectivity index (χ0n) is 15.4. The first-order valence-electron chi connectivity index (χ1n) is 8.74. The molecule has 0 spiro atoms. The van der Waals surface area contributed by atoms with Gasteiger partial charge in [-0.25, -0.2) is 0 Å². The molecule has 1 aromatic heterocycles. The monoisotopic (exact) mass is 385 g/mol. The summed E-state index contributed by atoms with van der Waals surface area (Å²) in [7, 11) is 1.83. The fraction of sp³-hybridized carbons (Fsp3) is 0.238. The molecular formula is C21H23NO6. The fourth-order valence-electron chi connectivity index (χ4n) is 3.39. The second kappa shape index (κ2) is 8.04.